The smallest absolute Gasteiger partial charge is 0.390 e. The zero-order valence-corrected chi connectivity index (χ0v) is 9.39. The van der Waals surface area contributed by atoms with Gasteiger partial charge in [-0.15, -0.1) is 13.2 Å². The predicted octanol–water partition coefficient (Wildman–Crippen LogP) is 1.76. The second-order valence-electron chi connectivity index (χ2n) is 4.49. The highest BCUT2D eigenvalue weighted by molar-refractivity contribution is 4.78. The van der Waals surface area contributed by atoms with Crippen molar-refractivity contribution in [3.8, 4) is 0 Å². The molecule has 0 radical (unpaired) electrons. The maximum absolute atomic E-state index is 11.7. The highest BCUT2D eigenvalue weighted by Gasteiger charge is 2.29. The van der Waals surface area contributed by atoms with Crippen LogP contribution >= 0.6 is 0 Å². The third kappa shape index (κ3) is 5.67. The van der Waals surface area contributed by atoms with Crippen LogP contribution in [0.15, 0.2) is 0 Å². The van der Waals surface area contributed by atoms with Crippen LogP contribution in [0.25, 0.3) is 0 Å². The van der Waals surface area contributed by atoms with Gasteiger partial charge in [0.2, 0.25) is 0 Å². The average molecular weight is 241 g/mol. The molecule has 1 aliphatic heterocycles. The van der Waals surface area contributed by atoms with Crippen molar-refractivity contribution in [2.24, 2.45) is 0 Å². The van der Waals surface area contributed by atoms with E-state index in [1.807, 2.05) is 4.90 Å². The summed E-state index contributed by atoms with van der Waals surface area (Å²) in [6.45, 7) is 3.02. The number of hydrogen-bond donors (Lipinski definition) is 1. The van der Waals surface area contributed by atoms with Crippen LogP contribution in [-0.2, 0) is 4.74 Å². The highest BCUT2D eigenvalue weighted by Crippen LogP contribution is 2.21. The van der Waals surface area contributed by atoms with Gasteiger partial charge in [-0.3, -0.25) is 4.74 Å². The fourth-order valence-electron chi connectivity index (χ4n) is 1.83. The second kappa shape index (κ2) is 5.33. The molecule has 6 heteroatoms. The molecule has 1 fully saturated rings. The van der Waals surface area contributed by atoms with Gasteiger partial charge >= 0.3 is 6.36 Å². The minimum atomic E-state index is -4.54. The van der Waals surface area contributed by atoms with Crippen molar-refractivity contribution >= 4 is 0 Å². The molecule has 16 heavy (non-hydrogen) atoms. The van der Waals surface area contributed by atoms with Gasteiger partial charge < -0.3 is 10.0 Å². The zero-order chi connectivity index (χ0) is 12.2. The first-order valence-corrected chi connectivity index (χ1v) is 5.44. The number of likely N-dealkylation sites (tertiary alicyclic amines) is 1. The fourth-order valence-corrected chi connectivity index (χ4v) is 1.83. The number of halogens is 3. The SMILES string of the molecule is CC1(O)CCCN(CCOC(F)(F)F)CC1. The number of nitrogens with zero attached hydrogens (tertiary/aromatic N) is 1. The van der Waals surface area contributed by atoms with Crippen LogP contribution in [0.5, 0.6) is 0 Å². The first-order chi connectivity index (χ1) is 7.29. The van der Waals surface area contributed by atoms with Crippen LogP contribution in [0.4, 0.5) is 13.2 Å². The molecule has 0 bridgehead atoms. The van der Waals surface area contributed by atoms with E-state index < -0.39 is 12.0 Å². The molecule has 0 amide bonds. The van der Waals surface area contributed by atoms with Gasteiger partial charge in [-0.25, -0.2) is 0 Å². The van der Waals surface area contributed by atoms with E-state index in [-0.39, 0.29) is 13.2 Å². The number of hydrogen-bond acceptors (Lipinski definition) is 3. The lowest BCUT2D eigenvalue weighted by atomic mass is 9.98. The quantitative estimate of drug-likeness (QED) is 0.817. The van der Waals surface area contributed by atoms with Crippen molar-refractivity contribution < 1.29 is 23.0 Å². The standard InChI is InChI=1S/C10H18F3NO2/c1-9(15)3-2-5-14(6-4-9)7-8-16-10(11,12)13/h15H,2-8H2,1H3. The van der Waals surface area contributed by atoms with Crippen molar-refractivity contribution in [1.82, 2.24) is 4.90 Å². The zero-order valence-electron chi connectivity index (χ0n) is 9.39. The molecule has 1 aliphatic rings. The van der Waals surface area contributed by atoms with Gasteiger partial charge in [-0.05, 0) is 32.7 Å². The molecule has 0 aromatic rings. The molecule has 1 rings (SSSR count). The molecule has 1 atom stereocenters. The summed E-state index contributed by atoms with van der Waals surface area (Å²) < 4.78 is 38.9. The van der Waals surface area contributed by atoms with E-state index in [2.05, 4.69) is 4.74 Å². The Morgan fingerprint density at radius 1 is 1.31 bits per heavy atom. The van der Waals surface area contributed by atoms with Gasteiger partial charge in [0.05, 0.1) is 12.2 Å². The second-order valence-corrected chi connectivity index (χ2v) is 4.49. The number of alkyl halides is 3. The van der Waals surface area contributed by atoms with E-state index in [1.165, 1.54) is 0 Å². The third-order valence-corrected chi connectivity index (χ3v) is 2.83. The summed E-state index contributed by atoms with van der Waals surface area (Å²) in [6.07, 6.45) is -2.45. The summed E-state index contributed by atoms with van der Waals surface area (Å²) in [4.78, 5) is 1.90. The van der Waals surface area contributed by atoms with E-state index >= 15 is 0 Å². The van der Waals surface area contributed by atoms with E-state index in [0.29, 0.717) is 19.4 Å². The van der Waals surface area contributed by atoms with Crippen LogP contribution in [0.1, 0.15) is 26.2 Å². The number of rotatable bonds is 3. The molecule has 0 aromatic carbocycles. The summed E-state index contributed by atoms with van der Waals surface area (Å²) in [5.41, 5.74) is -0.681. The van der Waals surface area contributed by atoms with E-state index in [4.69, 9.17) is 0 Å². The van der Waals surface area contributed by atoms with Gasteiger partial charge in [0.25, 0.3) is 0 Å². The maximum atomic E-state index is 11.7. The Kier molecular flexibility index (Phi) is 4.58. The summed E-state index contributed by atoms with van der Waals surface area (Å²) in [6, 6.07) is 0. The maximum Gasteiger partial charge on any atom is 0.522 e. The monoisotopic (exact) mass is 241 g/mol. The molecule has 3 nitrogen and oxygen atoms in total. The Balaban J connectivity index is 2.23. The van der Waals surface area contributed by atoms with Gasteiger partial charge in [0.15, 0.2) is 0 Å². The molecule has 1 N–H and O–H groups in total. The normalized spacial score (nSPS) is 29.1. The largest absolute Gasteiger partial charge is 0.522 e. The molecule has 1 heterocycles. The summed E-state index contributed by atoms with van der Waals surface area (Å²) in [5.74, 6) is 0. The average Bonchev–Trinajstić information content (AvgIpc) is 2.26. The minimum Gasteiger partial charge on any atom is -0.390 e. The summed E-state index contributed by atoms with van der Waals surface area (Å²) in [7, 11) is 0. The van der Waals surface area contributed by atoms with Crippen molar-refractivity contribution in [2.45, 2.75) is 38.1 Å². The summed E-state index contributed by atoms with van der Waals surface area (Å²) >= 11 is 0. The van der Waals surface area contributed by atoms with Gasteiger partial charge in [-0.1, -0.05) is 0 Å². The topological polar surface area (TPSA) is 32.7 Å². The molecular weight excluding hydrogens is 223 g/mol. The first kappa shape index (κ1) is 13.7. The molecule has 0 aliphatic carbocycles. The number of ether oxygens (including phenoxy) is 1. The summed E-state index contributed by atoms with van der Waals surface area (Å²) in [5, 5.41) is 9.79. The highest BCUT2D eigenvalue weighted by atomic mass is 19.4. The van der Waals surface area contributed by atoms with Crippen molar-refractivity contribution in [3.05, 3.63) is 0 Å². The van der Waals surface area contributed by atoms with Gasteiger partial charge in [0.1, 0.15) is 0 Å². The van der Waals surface area contributed by atoms with Gasteiger partial charge in [0, 0.05) is 13.1 Å². The number of aliphatic hydroxyl groups is 1. The Morgan fingerprint density at radius 2 is 2.00 bits per heavy atom. The van der Waals surface area contributed by atoms with E-state index in [1.54, 1.807) is 6.92 Å². The first-order valence-electron chi connectivity index (χ1n) is 5.44. The third-order valence-electron chi connectivity index (χ3n) is 2.83. The van der Waals surface area contributed by atoms with Crippen LogP contribution in [0.3, 0.4) is 0 Å². The van der Waals surface area contributed by atoms with Crippen LogP contribution in [0, 0.1) is 0 Å². The molecule has 1 unspecified atom stereocenters. The molecule has 0 saturated carbocycles. The van der Waals surface area contributed by atoms with Crippen molar-refractivity contribution in [1.29, 1.82) is 0 Å². The van der Waals surface area contributed by atoms with Crippen LogP contribution in [0.2, 0.25) is 0 Å². The lowest BCUT2D eigenvalue weighted by Gasteiger charge is -2.22. The van der Waals surface area contributed by atoms with Crippen molar-refractivity contribution in [2.75, 3.05) is 26.2 Å². The Hall–Kier alpha value is -0.330. The molecule has 1 saturated heterocycles. The van der Waals surface area contributed by atoms with E-state index in [0.717, 1.165) is 13.0 Å². The molecule has 0 aromatic heterocycles. The van der Waals surface area contributed by atoms with Crippen LogP contribution in [-0.4, -0.2) is 48.2 Å². The molecular formula is C10H18F3NO2. The Labute approximate surface area is 93.2 Å². The molecule has 0 spiro atoms. The predicted molar refractivity (Wildman–Crippen MR) is 52.9 cm³/mol. The lowest BCUT2D eigenvalue weighted by Crippen LogP contribution is -2.32. The fraction of sp³-hybridized carbons (Fsp3) is 1.00. The minimum absolute atomic E-state index is 0.260. The molecule has 96 valence electrons. The van der Waals surface area contributed by atoms with Gasteiger partial charge in [-0.2, -0.15) is 0 Å². The Morgan fingerprint density at radius 3 is 2.62 bits per heavy atom. The van der Waals surface area contributed by atoms with Crippen molar-refractivity contribution in [3.63, 3.8) is 0 Å². The van der Waals surface area contributed by atoms with Crippen LogP contribution < -0.4 is 0 Å². The lowest BCUT2D eigenvalue weighted by molar-refractivity contribution is -0.325. The van der Waals surface area contributed by atoms with E-state index in [9.17, 15) is 18.3 Å². The Bertz CT molecular complexity index is 219.